The predicted octanol–water partition coefficient (Wildman–Crippen LogP) is 2.72. The number of benzene rings is 1. The van der Waals surface area contributed by atoms with Crippen molar-refractivity contribution in [3.05, 3.63) is 58.3 Å². The highest BCUT2D eigenvalue weighted by Gasteiger charge is 2.23. The number of anilines is 1. The van der Waals surface area contributed by atoms with E-state index in [0.29, 0.717) is 11.4 Å². The van der Waals surface area contributed by atoms with E-state index in [1.165, 1.54) is 0 Å². The number of para-hydroxylation sites is 1. The van der Waals surface area contributed by atoms with E-state index in [-0.39, 0.29) is 11.6 Å². The van der Waals surface area contributed by atoms with Gasteiger partial charge in [0.2, 0.25) is 0 Å². The average Bonchev–Trinajstić information content (AvgIpc) is 2.51. The van der Waals surface area contributed by atoms with Crippen LogP contribution < -0.4 is 11.0 Å². The largest absolute Gasteiger partial charge is 0.289 e. The van der Waals surface area contributed by atoms with Crippen LogP contribution in [0.4, 0.5) is 5.69 Å². The van der Waals surface area contributed by atoms with Crippen molar-refractivity contribution in [1.82, 2.24) is 9.55 Å². The maximum atomic E-state index is 12.3. The second kappa shape index (κ2) is 5.52. The SMILES string of the molecule is Cc1cnc2n(c1=O)C(C)CC/C2=N/Nc1ccccc1. The predicted molar refractivity (Wildman–Crippen MR) is 83.8 cm³/mol. The molecule has 0 bridgehead atoms. The van der Waals surface area contributed by atoms with Gasteiger partial charge >= 0.3 is 0 Å². The Bertz CT molecular complexity index is 734. The van der Waals surface area contributed by atoms with Crippen LogP contribution in [-0.2, 0) is 0 Å². The first kappa shape index (κ1) is 13.5. The summed E-state index contributed by atoms with van der Waals surface area (Å²) in [7, 11) is 0. The third-order valence-electron chi connectivity index (χ3n) is 3.76. The number of fused-ring (bicyclic) bond motifs is 1. The van der Waals surface area contributed by atoms with E-state index in [9.17, 15) is 4.79 Å². The summed E-state index contributed by atoms with van der Waals surface area (Å²) in [6.07, 6.45) is 3.34. The Hall–Kier alpha value is -2.43. The molecule has 0 spiro atoms. The normalized spacial score (nSPS) is 19.3. The summed E-state index contributed by atoms with van der Waals surface area (Å²) >= 11 is 0. The molecule has 1 aromatic carbocycles. The fourth-order valence-corrected chi connectivity index (χ4v) is 2.52. The Kier molecular flexibility index (Phi) is 3.56. The van der Waals surface area contributed by atoms with Gasteiger partial charge in [-0.2, -0.15) is 5.10 Å². The first-order chi connectivity index (χ1) is 10.2. The second-order valence-electron chi connectivity index (χ2n) is 5.36. The van der Waals surface area contributed by atoms with E-state index < -0.39 is 0 Å². The zero-order valence-corrected chi connectivity index (χ0v) is 12.2. The summed E-state index contributed by atoms with van der Waals surface area (Å²) in [6, 6.07) is 9.92. The van der Waals surface area contributed by atoms with E-state index >= 15 is 0 Å². The molecule has 1 aromatic heterocycles. The molecule has 2 heterocycles. The second-order valence-corrected chi connectivity index (χ2v) is 5.36. The number of nitrogens with one attached hydrogen (secondary N) is 1. The highest BCUT2D eigenvalue weighted by Crippen LogP contribution is 2.21. The summed E-state index contributed by atoms with van der Waals surface area (Å²) in [6.45, 7) is 3.84. The molecule has 0 saturated carbocycles. The van der Waals surface area contributed by atoms with Gasteiger partial charge in [0.1, 0.15) is 5.71 Å². The Labute approximate surface area is 123 Å². The fourth-order valence-electron chi connectivity index (χ4n) is 2.52. The van der Waals surface area contributed by atoms with E-state index in [1.807, 2.05) is 37.3 Å². The van der Waals surface area contributed by atoms with Crippen LogP contribution in [-0.4, -0.2) is 15.3 Å². The van der Waals surface area contributed by atoms with E-state index in [2.05, 4.69) is 15.5 Å². The Morgan fingerprint density at radius 1 is 1.33 bits per heavy atom. The standard InChI is InChI=1S/C16H18N4O/c1-11-10-17-15-14(9-8-12(2)20(15)16(11)21)19-18-13-6-4-3-5-7-13/h3-7,10,12,18H,8-9H2,1-2H3/b19-14-. The topological polar surface area (TPSA) is 59.3 Å². The minimum atomic E-state index is 0.0274. The molecule has 0 saturated heterocycles. The zero-order chi connectivity index (χ0) is 14.8. The Morgan fingerprint density at radius 2 is 2.10 bits per heavy atom. The summed E-state index contributed by atoms with van der Waals surface area (Å²) in [4.78, 5) is 16.7. The summed E-state index contributed by atoms with van der Waals surface area (Å²) < 4.78 is 1.75. The van der Waals surface area contributed by atoms with Gasteiger partial charge in [0.05, 0.1) is 5.69 Å². The molecule has 0 fully saturated rings. The number of hydrogen-bond acceptors (Lipinski definition) is 4. The smallest absolute Gasteiger partial charge is 0.256 e. The molecule has 5 heteroatoms. The van der Waals surface area contributed by atoms with Gasteiger partial charge in [0.25, 0.3) is 5.56 Å². The summed E-state index contributed by atoms with van der Waals surface area (Å²) in [5.41, 5.74) is 5.48. The number of aromatic nitrogens is 2. The third kappa shape index (κ3) is 2.59. The number of hydrogen-bond donors (Lipinski definition) is 1. The number of rotatable bonds is 2. The maximum absolute atomic E-state index is 12.3. The molecular weight excluding hydrogens is 264 g/mol. The molecule has 0 amide bonds. The quantitative estimate of drug-likeness (QED) is 0.862. The first-order valence-corrected chi connectivity index (χ1v) is 7.13. The van der Waals surface area contributed by atoms with Crippen molar-refractivity contribution in [3.8, 4) is 0 Å². The molecule has 21 heavy (non-hydrogen) atoms. The lowest BCUT2D eigenvalue weighted by atomic mass is 10.0. The van der Waals surface area contributed by atoms with E-state index in [1.54, 1.807) is 17.7 Å². The highest BCUT2D eigenvalue weighted by atomic mass is 16.1. The van der Waals surface area contributed by atoms with Crippen LogP contribution in [0.1, 0.15) is 37.2 Å². The number of aryl methyl sites for hydroxylation is 1. The fraction of sp³-hybridized carbons (Fsp3) is 0.312. The summed E-state index contributed by atoms with van der Waals surface area (Å²) in [5.74, 6) is 0.674. The van der Waals surface area contributed by atoms with Crippen molar-refractivity contribution in [2.75, 3.05) is 5.43 Å². The van der Waals surface area contributed by atoms with Crippen molar-refractivity contribution in [2.45, 2.75) is 32.7 Å². The van der Waals surface area contributed by atoms with Crippen LogP contribution >= 0.6 is 0 Å². The molecule has 108 valence electrons. The minimum Gasteiger partial charge on any atom is -0.289 e. The lowest BCUT2D eigenvalue weighted by Crippen LogP contribution is -2.35. The van der Waals surface area contributed by atoms with E-state index in [0.717, 1.165) is 24.2 Å². The van der Waals surface area contributed by atoms with Crippen LogP contribution in [0, 0.1) is 6.92 Å². The summed E-state index contributed by atoms with van der Waals surface area (Å²) in [5, 5.41) is 4.44. The third-order valence-corrected chi connectivity index (χ3v) is 3.76. The molecule has 1 unspecified atom stereocenters. The monoisotopic (exact) mass is 282 g/mol. The van der Waals surface area contributed by atoms with Gasteiger partial charge in [-0.15, -0.1) is 0 Å². The lowest BCUT2D eigenvalue weighted by molar-refractivity contribution is 0.469. The molecule has 2 aromatic rings. The molecule has 3 rings (SSSR count). The van der Waals surface area contributed by atoms with Gasteiger partial charge in [-0.25, -0.2) is 4.98 Å². The van der Waals surface area contributed by atoms with Gasteiger partial charge in [0, 0.05) is 17.8 Å². The van der Waals surface area contributed by atoms with Crippen molar-refractivity contribution >= 4 is 11.4 Å². The van der Waals surface area contributed by atoms with E-state index in [4.69, 9.17) is 0 Å². The number of hydrazone groups is 1. The van der Waals surface area contributed by atoms with Crippen molar-refractivity contribution in [2.24, 2.45) is 5.10 Å². The van der Waals surface area contributed by atoms with Gasteiger partial charge in [-0.1, -0.05) is 18.2 Å². The molecule has 0 aliphatic carbocycles. The van der Waals surface area contributed by atoms with Gasteiger partial charge in [-0.05, 0) is 38.8 Å². The number of nitrogens with zero attached hydrogens (tertiary/aromatic N) is 3. The van der Waals surface area contributed by atoms with Crippen LogP contribution in [0.25, 0.3) is 0 Å². The zero-order valence-electron chi connectivity index (χ0n) is 12.2. The first-order valence-electron chi connectivity index (χ1n) is 7.13. The van der Waals surface area contributed by atoms with Crippen molar-refractivity contribution in [1.29, 1.82) is 0 Å². The van der Waals surface area contributed by atoms with Crippen LogP contribution in [0.2, 0.25) is 0 Å². The van der Waals surface area contributed by atoms with Crippen molar-refractivity contribution < 1.29 is 0 Å². The molecule has 5 nitrogen and oxygen atoms in total. The van der Waals surface area contributed by atoms with Crippen molar-refractivity contribution in [3.63, 3.8) is 0 Å². The van der Waals surface area contributed by atoms with Gasteiger partial charge < -0.3 is 0 Å². The Balaban J connectivity index is 1.98. The molecular formula is C16H18N4O. The highest BCUT2D eigenvalue weighted by molar-refractivity contribution is 5.98. The molecule has 1 atom stereocenters. The molecule has 1 N–H and O–H groups in total. The minimum absolute atomic E-state index is 0.0274. The van der Waals surface area contributed by atoms with Gasteiger partial charge in [-0.3, -0.25) is 14.8 Å². The molecule has 1 aliphatic rings. The van der Waals surface area contributed by atoms with Gasteiger partial charge in [0.15, 0.2) is 5.82 Å². The maximum Gasteiger partial charge on any atom is 0.256 e. The Morgan fingerprint density at radius 3 is 2.86 bits per heavy atom. The molecule has 0 radical (unpaired) electrons. The molecule has 1 aliphatic heterocycles. The lowest BCUT2D eigenvalue weighted by Gasteiger charge is -2.25. The van der Waals surface area contributed by atoms with Crippen LogP contribution in [0.3, 0.4) is 0 Å². The van der Waals surface area contributed by atoms with Crippen LogP contribution in [0.15, 0.2) is 46.4 Å². The average molecular weight is 282 g/mol. The van der Waals surface area contributed by atoms with Crippen LogP contribution in [0.5, 0.6) is 0 Å².